The first-order valence-corrected chi connectivity index (χ1v) is 6.96. The summed E-state index contributed by atoms with van der Waals surface area (Å²) < 4.78 is 3.34. The van der Waals surface area contributed by atoms with Crippen LogP contribution in [-0.4, -0.2) is 0 Å². The van der Waals surface area contributed by atoms with Gasteiger partial charge in [0, 0.05) is 10.6 Å². The first-order valence-electron chi connectivity index (χ1n) is 6.14. The molecular weight excluding hydrogens is 238 g/mol. The molecule has 0 heterocycles. The maximum atomic E-state index is 3.34. The predicted molar refractivity (Wildman–Crippen MR) is 81.1 cm³/mol. The molecule has 0 aliphatic rings. The number of rotatable bonds is 3. The predicted octanol–water partition coefficient (Wildman–Crippen LogP) is 5.10. The van der Waals surface area contributed by atoms with Crippen molar-refractivity contribution >= 4 is 17.6 Å². The Labute approximate surface area is 114 Å². The van der Waals surface area contributed by atoms with Gasteiger partial charge in [0.15, 0.2) is 0 Å². The molecule has 2 aromatic carbocycles. The lowest BCUT2D eigenvalue weighted by molar-refractivity contribution is 0.590. The van der Waals surface area contributed by atoms with E-state index in [2.05, 4.69) is 61.9 Å². The highest BCUT2D eigenvalue weighted by Gasteiger charge is 2.12. The molecule has 2 aromatic rings. The number of anilines is 1. The molecule has 2 rings (SSSR count). The van der Waals surface area contributed by atoms with Crippen molar-refractivity contribution in [1.82, 2.24) is 0 Å². The second-order valence-corrected chi connectivity index (χ2v) is 6.22. The van der Waals surface area contributed by atoms with Crippen LogP contribution in [0, 0.1) is 0 Å². The van der Waals surface area contributed by atoms with E-state index in [0.717, 1.165) is 5.69 Å². The fourth-order valence-electron chi connectivity index (χ4n) is 1.65. The van der Waals surface area contributed by atoms with Gasteiger partial charge >= 0.3 is 0 Å². The van der Waals surface area contributed by atoms with Crippen LogP contribution in [0.4, 0.5) is 5.69 Å². The van der Waals surface area contributed by atoms with Crippen LogP contribution in [0.1, 0.15) is 26.3 Å². The van der Waals surface area contributed by atoms with Crippen molar-refractivity contribution in [3.63, 3.8) is 0 Å². The Morgan fingerprint density at radius 3 is 2.00 bits per heavy atom. The van der Waals surface area contributed by atoms with E-state index in [4.69, 9.17) is 0 Å². The molecule has 0 bridgehead atoms. The van der Waals surface area contributed by atoms with Crippen molar-refractivity contribution in [3.8, 4) is 0 Å². The van der Waals surface area contributed by atoms with Gasteiger partial charge in [-0.05, 0) is 47.2 Å². The highest BCUT2D eigenvalue weighted by molar-refractivity contribution is 8.00. The van der Waals surface area contributed by atoms with E-state index < -0.39 is 0 Å². The maximum Gasteiger partial charge on any atom is 0.0443 e. The second kappa shape index (κ2) is 5.49. The van der Waals surface area contributed by atoms with Gasteiger partial charge < -0.3 is 4.72 Å². The monoisotopic (exact) mass is 257 g/mol. The Morgan fingerprint density at radius 2 is 1.44 bits per heavy atom. The van der Waals surface area contributed by atoms with E-state index in [1.807, 2.05) is 18.2 Å². The van der Waals surface area contributed by atoms with Crippen LogP contribution in [-0.2, 0) is 5.41 Å². The Morgan fingerprint density at radius 1 is 0.833 bits per heavy atom. The van der Waals surface area contributed by atoms with Crippen LogP contribution in [0.2, 0.25) is 0 Å². The first-order chi connectivity index (χ1) is 8.55. The molecule has 94 valence electrons. The van der Waals surface area contributed by atoms with Crippen LogP contribution in [0.5, 0.6) is 0 Å². The molecule has 0 aliphatic carbocycles. The molecule has 0 amide bonds. The van der Waals surface area contributed by atoms with Gasteiger partial charge in [0.25, 0.3) is 0 Å². The summed E-state index contributed by atoms with van der Waals surface area (Å²) >= 11 is 1.64. The number of hydrogen-bond acceptors (Lipinski definition) is 2. The van der Waals surface area contributed by atoms with Crippen LogP contribution in [0.15, 0.2) is 59.5 Å². The lowest BCUT2D eigenvalue weighted by Crippen LogP contribution is -2.10. The zero-order valence-corrected chi connectivity index (χ0v) is 11.9. The summed E-state index contributed by atoms with van der Waals surface area (Å²) in [5.41, 5.74) is 2.71. The van der Waals surface area contributed by atoms with Gasteiger partial charge in [-0.2, -0.15) is 0 Å². The fourth-order valence-corrected chi connectivity index (χ4v) is 2.29. The highest BCUT2D eigenvalue weighted by Crippen LogP contribution is 2.26. The third-order valence-corrected chi connectivity index (χ3v) is 3.63. The van der Waals surface area contributed by atoms with Gasteiger partial charge in [-0.25, -0.2) is 0 Å². The van der Waals surface area contributed by atoms with Gasteiger partial charge in [-0.3, -0.25) is 0 Å². The molecule has 1 nitrogen and oxygen atoms in total. The number of hydrogen-bond donors (Lipinski definition) is 1. The van der Waals surface area contributed by atoms with E-state index in [9.17, 15) is 0 Å². The van der Waals surface area contributed by atoms with E-state index >= 15 is 0 Å². The summed E-state index contributed by atoms with van der Waals surface area (Å²) in [5.74, 6) is 0. The molecule has 0 saturated carbocycles. The molecule has 0 spiro atoms. The minimum atomic E-state index is 0.218. The van der Waals surface area contributed by atoms with Crippen LogP contribution >= 0.6 is 11.9 Å². The molecule has 0 aliphatic heterocycles. The summed E-state index contributed by atoms with van der Waals surface area (Å²) in [5, 5.41) is 0. The molecule has 0 saturated heterocycles. The molecule has 0 atom stereocenters. The average Bonchev–Trinajstić information content (AvgIpc) is 2.37. The lowest BCUT2D eigenvalue weighted by Gasteiger charge is -2.19. The molecule has 0 unspecified atom stereocenters. The van der Waals surface area contributed by atoms with E-state index in [0.29, 0.717) is 0 Å². The first kappa shape index (κ1) is 13.0. The standard InChI is InChI=1S/C16H19NS/c1-16(2,3)13-9-11-15(12-10-13)18-17-14-7-5-4-6-8-14/h4-12,17H,1-3H3. The molecule has 2 heteroatoms. The SMILES string of the molecule is CC(C)(C)c1ccc(SNc2ccccc2)cc1. The highest BCUT2D eigenvalue weighted by atomic mass is 32.2. The minimum absolute atomic E-state index is 0.218. The zero-order chi connectivity index (χ0) is 13.0. The van der Waals surface area contributed by atoms with Crippen molar-refractivity contribution in [1.29, 1.82) is 0 Å². The van der Waals surface area contributed by atoms with Crippen LogP contribution in [0.3, 0.4) is 0 Å². The largest absolute Gasteiger partial charge is 0.326 e. The van der Waals surface area contributed by atoms with Gasteiger partial charge in [0.05, 0.1) is 0 Å². The Balaban J connectivity index is 1.99. The number of para-hydroxylation sites is 1. The number of benzene rings is 2. The van der Waals surface area contributed by atoms with Gasteiger partial charge in [-0.15, -0.1) is 0 Å². The normalized spacial score (nSPS) is 11.3. The molecule has 0 radical (unpaired) electrons. The van der Waals surface area contributed by atoms with Crippen molar-refractivity contribution in [2.45, 2.75) is 31.1 Å². The summed E-state index contributed by atoms with van der Waals surface area (Å²) in [6, 6.07) is 19.0. The number of nitrogens with one attached hydrogen (secondary N) is 1. The summed E-state index contributed by atoms with van der Waals surface area (Å²) in [4.78, 5) is 1.23. The topological polar surface area (TPSA) is 12.0 Å². The summed E-state index contributed by atoms with van der Waals surface area (Å²) in [7, 11) is 0. The van der Waals surface area contributed by atoms with E-state index in [1.165, 1.54) is 10.5 Å². The third kappa shape index (κ3) is 3.54. The molecular formula is C16H19NS. The lowest BCUT2D eigenvalue weighted by atomic mass is 9.87. The molecule has 1 N–H and O–H groups in total. The van der Waals surface area contributed by atoms with E-state index in [-0.39, 0.29) is 5.41 Å². The Hall–Kier alpha value is -1.41. The van der Waals surface area contributed by atoms with Crippen molar-refractivity contribution < 1.29 is 0 Å². The second-order valence-electron chi connectivity index (χ2n) is 5.34. The molecule has 18 heavy (non-hydrogen) atoms. The van der Waals surface area contributed by atoms with E-state index in [1.54, 1.807) is 11.9 Å². The third-order valence-electron chi connectivity index (χ3n) is 2.78. The smallest absolute Gasteiger partial charge is 0.0443 e. The maximum absolute atomic E-state index is 3.34. The van der Waals surface area contributed by atoms with Crippen LogP contribution < -0.4 is 4.72 Å². The molecule has 0 fully saturated rings. The minimum Gasteiger partial charge on any atom is -0.326 e. The van der Waals surface area contributed by atoms with Crippen LogP contribution in [0.25, 0.3) is 0 Å². The summed E-state index contributed by atoms with van der Waals surface area (Å²) in [6.45, 7) is 6.70. The Kier molecular flexibility index (Phi) is 3.97. The quantitative estimate of drug-likeness (QED) is 0.767. The molecule has 0 aromatic heterocycles. The van der Waals surface area contributed by atoms with Crippen molar-refractivity contribution in [2.75, 3.05) is 4.72 Å². The average molecular weight is 257 g/mol. The van der Waals surface area contributed by atoms with Gasteiger partial charge in [-0.1, -0.05) is 51.1 Å². The van der Waals surface area contributed by atoms with Gasteiger partial charge in [0.2, 0.25) is 0 Å². The zero-order valence-electron chi connectivity index (χ0n) is 11.1. The van der Waals surface area contributed by atoms with Crippen molar-refractivity contribution in [2.24, 2.45) is 0 Å². The fraction of sp³-hybridized carbons (Fsp3) is 0.250. The van der Waals surface area contributed by atoms with Gasteiger partial charge in [0.1, 0.15) is 0 Å². The Bertz CT molecular complexity index is 483. The van der Waals surface area contributed by atoms with Crippen molar-refractivity contribution in [3.05, 3.63) is 60.2 Å². The summed E-state index contributed by atoms with van der Waals surface area (Å²) in [6.07, 6.45) is 0.